The standard InChI is InChI=1S/C17H26BrNO2/c1-4-7-19-10-14-5-6-15(21-14)11-20-16-8-12(2)17(18)13(3)9-16/h8-9,14-15,19H,4-7,10-11H2,1-3H3. The Morgan fingerprint density at radius 2 is 1.90 bits per heavy atom. The van der Waals surface area contributed by atoms with Gasteiger partial charge < -0.3 is 14.8 Å². The topological polar surface area (TPSA) is 30.5 Å². The van der Waals surface area contributed by atoms with Crippen LogP contribution in [-0.2, 0) is 4.74 Å². The van der Waals surface area contributed by atoms with Gasteiger partial charge in [-0.3, -0.25) is 0 Å². The van der Waals surface area contributed by atoms with Gasteiger partial charge in [0.15, 0.2) is 0 Å². The van der Waals surface area contributed by atoms with Gasteiger partial charge in [0, 0.05) is 11.0 Å². The Labute approximate surface area is 136 Å². The lowest BCUT2D eigenvalue weighted by Crippen LogP contribution is -2.28. The van der Waals surface area contributed by atoms with Crippen LogP contribution in [0.25, 0.3) is 0 Å². The molecule has 1 fully saturated rings. The third kappa shape index (κ3) is 4.97. The smallest absolute Gasteiger partial charge is 0.120 e. The zero-order chi connectivity index (χ0) is 15.2. The van der Waals surface area contributed by atoms with Crippen molar-refractivity contribution in [1.82, 2.24) is 5.32 Å². The van der Waals surface area contributed by atoms with E-state index in [9.17, 15) is 0 Å². The third-order valence-corrected chi connectivity index (χ3v) is 5.09. The van der Waals surface area contributed by atoms with Crippen LogP contribution in [-0.4, -0.2) is 31.9 Å². The number of halogens is 1. The van der Waals surface area contributed by atoms with E-state index in [1.165, 1.54) is 17.5 Å². The summed E-state index contributed by atoms with van der Waals surface area (Å²) in [6.07, 6.45) is 3.96. The number of hydrogen-bond donors (Lipinski definition) is 1. The maximum Gasteiger partial charge on any atom is 0.120 e. The molecule has 3 nitrogen and oxygen atoms in total. The average Bonchev–Trinajstić information content (AvgIpc) is 2.90. The van der Waals surface area contributed by atoms with Gasteiger partial charge in [-0.15, -0.1) is 0 Å². The van der Waals surface area contributed by atoms with Crippen LogP contribution >= 0.6 is 15.9 Å². The molecule has 118 valence electrons. The number of benzene rings is 1. The Morgan fingerprint density at radius 1 is 1.24 bits per heavy atom. The molecule has 0 bridgehead atoms. The lowest BCUT2D eigenvalue weighted by molar-refractivity contribution is 0.0186. The highest BCUT2D eigenvalue weighted by Gasteiger charge is 2.25. The number of nitrogens with one attached hydrogen (secondary N) is 1. The van der Waals surface area contributed by atoms with Gasteiger partial charge in [0.1, 0.15) is 12.4 Å². The number of ether oxygens (including phenoxy) is 2. The molecule has 1 aromatic rings. The molecular weight excluding hydrogens is 330 g/mol. The quantitative estimate of drug-likeness (QED) is 0.750. The second kappa shape index (κ2) is 8.16. The summed E-state index contributed by atoms with van der Waals surface area (Å²) in [4.78, 5) is 0. The Morgan fingerprint density at radius 3 is 2.57 bits per heavy atom. The summed E-state index contributed by atoms with van der Waals surface area (Å²) in [6, 6.07) is 4.15. The van der Waals surface area contributed by atoms with Gasteiger partial charge >= 0.3 is 0 Å². The van der Waals surface area contributed by atoms with E-state index >= 15 is 0 Å². The highest BCUT2D eigenvalue weighted by Crippen LogP contribution is 2.27. The van der Waals surface area contributed by atoms with Crippen molar-refractivity contribution in [1.29, 1.82) is 0 Å². The number of rotatable bonds is 7. The molecule has 0 amide bonds. The Hall–Kier alpha value is -0.580. The maximum absolute atomic E-state index is 6.02. The summed E-state index contributed by atoms with van der Waals surface area (Å²) in [7, 11) is 0. The van der Waals surface area contributed by atoms with Crippen LogP contribution in [0.5, 0.6) is 5.75 Å². The van der Waals surface area contributed by atoms with Crippen molar-refractivity contribution in [3.8, 4) is 5.75 Å². The summed E-state index contributed by atoms with van der Waals surface area (Å²) in [6.45, 7) is 9.03. The Balaban J connectivity index is 1.77. The fourth-order valence-electron chi connectivity index (χ4n) is 2.67. The van der Waals surface area contributed by atoms with Gasteiger partial charge in [0.2, 0.25) is 0 Å². The molecule has 1 aliphatic heterocycles. The summed E-state index contributed by atoms with van der Waals surface area (Å²) >= 11 is 3.58. The first kappa shape index (κ1) is 16.8. The highest BCUT2D eigenvalue weighted by atomic mass is 79.9. The SMILES string of the molecule is CCCNCC1CCC(COc2cc(C)c(Br)c(C)c2)O1. The van der Waals surface area contributed by atoms with E-state index in [1.807, 2.05) is 0 Å². The zero-order valence-corrected chi connectivity index (χ0v) is 14.8. The minimum Gasteiger partial charge on any atom is -0.491 e. The Bertz CT molecular complexity index is 441. The van der Waals surface area contributed by atoms with Crippen LogP contribution < -0.4 is 10.1 Å². The number of hydrogen-bond acceptors (Lipinski definition) is 3. The van der Waals surface area contributed by atoms with E-state index in [1.54, 1.807) is 0 Å². The molecule has 0 aromatic heterocycles. The predicted molar refractivity (Wildman–Crippen MR) is 90.2 cm³/mol. The second-order valence-corrected chi connectivity index (χ2v) is 6.64. The molecule has 0 saturated carbocycles. The zero-order valence-electron chi connectivity index (χ0n) is 13.2. The van der Waals surface area contributed by atoms with Crippen molar-refractivity contribution < 1.29 is 9.47 Å². The summed E-state index contributed by atoms with van der Waals surface area (Å²) in [5.74, 6) is 0.935. The van der Waals surface area contributed by atoms with Crippen molar-refractivity contribution in [2.45, 2.75) is 52.2 Å². The molecule has 2 atom stereocenters. The van der Waals surface area contributed by atoms with Crippen molar-refractivity contribution in [2.75, 3.05) is 19.7 Å². The monoisotopic (exact) mass is 355 g/mol. The van der Waals surface area contributed by atoms with E-state index in [-0.39, 0.29) is 6.10 Å². The van der Waals surface area contributed by atoms with Gasteiger partial charge in [0.05, 0.1) is 12.2 Å². The summed E-state index contributed by atoms with van der Waals surface area (Å²) < 4.78 is 13.1. The van der Waals surface area contributed by atoms with Crippen LogP contribution in [0.3, 0.4) is 0 Å². The van der Waals surface area contributed by atoms with Gasteiger partial charge in [-0.05, 0) is 62.9 Å². The molecule has 1 heterocycles. The molecule has 1 aliphatic rings. The first-order valence-electron chi connectivity index (χ1n) is 7.86. The van der Waals surface area contributed by atoms with E-state index in [0.717, 1.165) is 36.2 Å². The molecule has 1 aromatic carbocycles. The fraction of sp³-hybridized carbons (Fsp3) is 0.647. The van der Waals surface area contributed by atoms with Crippen LogP contribution in [0.1, 0.15) is 37.3 Å². The van der Waals surface area contributed by atoms with E-state index in [0.29, 0.717) is 12.7 Å². The minimum absolute atomic E-state index is 0.225. The van der Waals surface area contributed by atoms with E-state index < -0.39 is 0 Å². The van der Waals surface area contributed by atoms with Crippen molar-refractivity contribution in [2.24, 2.45) is 0 Å². The van der Waals surface area contributed by atoms with Crippen molar-refractivity contribution in [3.05, 3.63) is 27.7 Å². The van der Waals surface area contributed by atoms with Crippen molar-refractivity contribution >= 4 is 15.9 Å². The summed E-state index contributed by atoms with van der Waals surface area (Å²) in [5, 5.41) is 3.42. The lowest BCUT2D eigenvalue weighted by atomic mass is 10.1. The first-order valence-corrected chi connectivity index (χ1v) is 8.65. The van der Waals surface area contributed by atoms with Crippen LogP contribution in [0.4, 0.5) is 0 Å². The molecule has 0 radical (unpaired) electrons. The molecular formula is C17H26BrNO2. The molecule has 0 spiro atoms. The third-order valence-electron chi connectivity index (χ3n) is 3.84. The molecule has 4 heteroatoms. The molecule has 1 N–H and O–H groups in total. The summed E-state index contributed by atoms with van der Waals surface area (Å²) in [5.41, 5.74) is 2.41. The van der Waals surface area contributed by atoms with Crippen LogP contribution in [0, 0.1) is 13.8 Å². The Kier molecular flexibility index (Phi) is 6.52. The molecule has 1 saturated heterocycles. The van der Waals surface area contributed by atoms with Gasteiger partial charge in [-0.25, -0.2) is 0 Å². The molecule has 2 rings (SSSR count). The first-order chi connectivity index (χ1) is 10.1. The largest absolute Gasteiger partial charge is 0.491 e. The molecule has 2 unspecified atom stereocenters. The van der Waals surface area contributed by atoms with Crippen LogP contribution in [0.15, 0.2) is 16.6 Å². The van der Waals surface area contributed by atoms with Gasteiger partial charge in [-0.1, -0.05) is 22.9 Å². The van der Waals surface area contributed by atoms with Crippen molar-refractivity contribution in [3.63, 3.8) is 0 Å². The molecule has 0 aliphatic carbocycles. The maximum atomic E-state index is 6.02. The second-order valence-electron chi connectivity index (χ2n) is 5.84. The van der Waals surface area contributed by atoms with E-state index in [2.05, 4.69) is 54.2 Å². The fourth-order valence-corrected chi connectivity index (χ4v) is 2.90. The van der Waals surface area contributed by atoms with Gasteiger partial charge in [0.25, 0.3) is 0 Å². The lowest BCUT2D eigenvalue weighted by Gasteiger charge is -2.16. The van der Waals surface area contributed by atoms with E-state index in [4.69, 9.17) is 9.47 Å². The van der Waals surface area contributed by atoms with Crippen LogP contribution in [0.2, 0.25) is 0 Å². The minimum atomic E-state index is 0.225. The number of aryl methyl sites for hydroxylation is 2. The highest BCUT2D eigenvalue weighted by molar-refractivity contribution is 9.10. The van der Waals surface area contributed by atoms with Gasteiger partial charge in [-0.2, -0.15) is 0 Å². The molecule has 21 heavy (non-hydrogen) atoms. The normalized spacial score (nSPS) is 21.7. The predicted octanol–water partition coefficient (Wildman–Crippen LogP) is 3.99. The average molecular weight is 356 g/mol.